The van der Waals surface area contributed by atoms with Gasteiger partial charge < -0.3 is 25.2 Å². The highest BCUT2D eigenvalue weighted by molar-refractivity contribution is 6.30. The lowest BCUT2D eigenvalue weighted by Gasteiger charge is -2.33. The van der Waals surface area contributed by atoms with Gasteiger partial charge in [-0.3, -0.25) is 0 Å². The van der Waals surface area contributed by atoms with Crippen molar-refractivity contribution in [3.63, 3.8) is 0 Å². The van der Waals surface area contributed by atoms with Crippen LogP contribution in [0, 0.1) is 0 Å². The molecule has 1 heterocycles. The second kappa shape index (κ2) is 9.48. The topological polar surface area (TPSA) is 58.0 Å². The minimum Gasteiger partial charge on any atom is -0.497 e. The van der Waals surface area contributed by atoms with Gasteiger partial charge in [0, 0.05) is 16.4 Å². The summed E-state index contributed by atoms with van der Waals surface area (Å²) in [6.45, 7) is 5.71. The first-order chi connectivity index (χ1) is 13.1. The molecule has 2 aromatic carbocycles. The van der Waals surface area contributed by atoms with Gasteiger partial charge in [0.25, 0.3) is 0 Å². The Morgan fingerprint density at radius 3 is 2.41 bits per heavy atom. The van der Waals surface area contributed by atoms with Crippen LogP contribution in [0.4, 0.5) is 16.2 Å². The number of urea groups is 1. The van der Waals surface area contributed by atoms with Crippen molar-refractivity contribution in [3.8, 4) is 5.75 Å². The van der Waals surface area contributed by atoms with Crippen molar-refractivity contribution in [1.29, 1.82) is 0 Å². The van der Waals surface area contributed by atoms with Crippen LogP contribution < -0.4 is 25.2 Å². The number of carbonyl (C=O) groups is 1. The molecule has 0 saturated carbocycles. The van der Waals surface area contributed by atoms with Crippen molar-refractivity contribution in [3.05, 3.63) is 53.6 Å². The Hall–Kier alpha value is -2.44. The zero-order valence-corrected chi connectivity index (χ0v) is 16.3. The summed E-state index contributed by atoms with van der Waals surface area (Å²) in [6.07, 6.45) is 0. The smallest absolute Gasteiger partial charge is 0.319 e. The number of quaternary nitrogens is 1. The van der Waals surface area contributed by atoms with E-state index >= 15 is 0 Å². The number of carbonyl (C=O) groups excluding carboxylic acids is 1. The zero-order chi connectivity index (χ0) is 19.1. The molecule has 6 nitrogen and oxygen atoms in total. The van der Waals surface area contributed by atoms with Gasteiger partial charge in [-0.05, 0) is 48.5 Å². The van der Waals surface area contributed by atoms with Crippen molar-refractivity contribution in [2.24, 2.45) is 0 Å². The highest BCUT2D eigenvalue weighted by atomic mass is 35.5. The lowest BCUT2D eigenvalue weighted by Crippen LogP contribution is -3.15. The maximum absolute atomic E-state index is 12.0. The van der Waals surface area contributed by atoms with E-state index in [0.717, 1.165) is 49.2 Å². The van der Waals surface area contributed by atoms with Crippen molar-refractivity contribution in [1.82, 2.24) is 5.32 Å². The predicted molar refractivity (Wildman–Crippen MR) is 109 cm³/mol. The van der Waals surface area contributed by atoms with Crippen LogP contribution in [0.3, 0.4) is 0 Å². The second-order valence-electron chi connectivity index (χ2n) is 6.57. The van der Waals surface area contributed by atoms with Gasteiger partial charge in [-0.2, -0.15) is 0 Å². The standard InChI is InChI=1S/C20H25ClN4O2/c1-27-19-8-4-17(5-9-19)23-20(26)22-10-11-24-12-14-25(15-13-24)18-6-2-16(21)3-7-18/h2-9H,10-15H2,1H3,(H2,22,23,26)/p+1. The molecular formula is C20H26ClN4O2+. The average Bonchev–Trinajstić information content (AvgIpc) is 2.70. The Bertz CT molecular complexity index is 729. The number of piperazine rings is 1. The molecule has 1 aliphatic rings. The molecule has 3 N–H and O–H groups in total. The van der Waals surface area contributed by atoms with E-state index < -0.39 is 0 Å². The van der Waals surface area contributed by atoms with Crippen molar-refractivity contribution < 1.29 is 14.4 Å². The summed E-state index contributed by atoms with van der Waals surface area (Å²) < 4.78 is 5.11. The molecule has 3 rings (SSSR count). The molecule has 0 unspecified atom stereocenters. The molecule has 1 saturated heterocycles. The van der Waals surface area contributed by atoms with Crippen LogP contribution in [-0.2, 0) is 0 Å². The maximum Gasteiger partial charge on any atom is 0.319 e. The largest absolute Gasteiger partial charge is 0.497 e. The third-order valence-corrected chi connectivity index (χ3v) is 5.03. The monoisotopic (exact) mass is 389 g/mol. The first-order valence-corrected chi connectivity index (χ1v) is 9.55. The minimum atomic E-state index is -0.181. The molecule has 2 amide bonds. The van der Waals surface area contributed by atoms with E-state index in [1.165, 1.54) is 10.6 Å². The van der Waals surface area contributed by atoms with Gasteiger partial charge in [-0.15, -0.1) is 0 Å². The third-order valence-electron chi connectivity index (χ3n) is 4.77. The predicted octanol–water partition coefficient (Wildman–Crippen LogP) is 1.88. The Labute approximate surface area is 165 Å². The maximum atomic E-state index is 12.0. The Morgan fingerprint density at radius 2 is 1.78 bits per heavy atom. The van der Waals surface area contributed by atoms with Crippen molar-refractivity contribution in [2.75, 3.05) is 56.6 Å². The van der Waals surface area contributed by atoms with Gasteiger partial charge in [-0.25, -0.2) is 4.79 Å². The molecule has 2 aromatic rings. The summed E-state index contributed by atoms with van der Waals surface area (Å²) >= 11 is 5.95. The first-order valence-electron chi connectivity index (χ1n) is 9.17. The van der Waals surface area contributed by atoms with Crippen LogP contribution in [0.15, 0.2) is 48.5 Å². The summed E-state index contributed by atoms with van der Waals surface area (Å²) in [5.74, 6) is 0.766. The van der Waals surface area contributed by atoms with E-state index in [1.807, 2.05) is 36.4 Å². The SMILES string of the molecule is COc1ccc(NC(=O)NCC[NH+]2CCN(c3ccc(Cl)cc3)CC2)cc1. The molecule has 0 spiro atoms. The van der Waals surface area contributed by atoms with E-state index in [0.29, 0.717) is 6.54 Å². The summed E-state index contributed by atoms with van der Waals surface area (Å²) in [6, 6.07) is 15.1. The number of benzene rings is 2. The fourth-order valence-corrected chi connectivity index (χ4v) is 3.31. The van der Waals surface area contributed by atoms with Gasteiger partial charge in [-0.1, -0.05) is 11.6 Å². The van der Waals surface area contributed by atoms with Crippen molar-refractivity contribution >= 4 is 29.0 Å². The number of nitrogens with zero attached hydrogens (tertiary/aromatic N) is 1. The molecule has 0 atom stereocenters. The van der Waals surface area contributed by atoms with Gasteiger partial charge in [0.05, 0.1) is 46.4 Å². The molecule has 7 heteroatoms. The summed E-state index contributed by atoms with van der Waals surface area (Å²) in [4.78, 5) is 15.9. The molecule has 0 radical (unpaired) electrons. The molecule has 1 aliphatic heterocycles. The highest BCUT2D eigenvalue weighted by Crippen LogP contribution is 2.17. The third kappa shape index (κ3) is 5.77. The van der Waals surface area contributed by atoms with E-state index in [2.05, 4.69) is 27.7 Å². The minimum absolute atomic E-state index is 0.181. The number of methoxy groups -OCH3 is 1. The number of anilines is 2. The molecule has 0 bridgehead atoms. The quantitative estimate of drug-likeness (QED) is 0.707. The number of ether oxygens (including phenoxy) is 1. The molecule has 1 fully saturated rings. The number of hydrogen-bond donors (Lipinski definition) is 3. The molecule has 0 aliphatic carbocycles. The van der Waals surface area contributed by atoms with Crippen LogP contribution in [0.25, 0.3) is 0 Å². The fourth-order valence-electron chi connectivity index (χ4n) is 3.19. The van der Waals surface area contributed by atoms with Gasteiger partial charge in [0.15, 0.2) is 0 Å². The van der Waals surface area contributed by atoms with E-state index in [1.54, 1.807) is 7.11 Å². The fraction of sp³-hybridized carbons (Fsp3) is 0.350. The van der Waals surface area contributed by atoms with Gasteiger partial charge in [0.2, 0.25) is 0 Å². The van der Waals surface area contributed by atoms with Gasteiger partial charge >= 0.3 is 6.03 Å². The Balaban J connectivity index is 1.35. The Kier molecular flexibility index (Phi) is 6.79. The normalized spacial score (nSPS) is 14.7. The molecular weight excluding hydrogens is 364 g/mol. The highest BCUT2D eigenvalue weighted by Gasteiger charge is 2.19. The van der Waals surface area contributed by atoms with Crippen molar-refractivity contribution in [2.45, 2.75) is 0 Å². The number of hydrogen-bond acceptors (Lipinski definition) is 3. The zero-order valence-electron chi connectivity index (χ0n) is 15.5. The van der Waals surface area contributed by atoms with Crippen LogP contribution >= 0.6 is 11.6 Å². The molecule has 27 heavy (non-hydrogen) atoms. The number of halogens is 1. The first kappa shape index (κ1) is 19.3. The lowest BCUT2D eigenvalue weighted by atomic mass is 10.2. The van der Waals surface area contributed by atoms with Crippen LogP contribution in [0.1, 0.15) is 0 Å². The van der Waals surface area contributed by atoms with Crippen LogP contribution in [-0.4, -0.2) is 52.4 Å². The average molecular weight is 390 g/mol. The summed E-state index contributed by atoms with van der Waals surface area (Å²) in [5, 5.41) is 6.52. The van der Waals surface area contributed by atoms with E-state index in [9.17, 15) is 4.79 Å². The van der Waals surface area contributed by atoms with E-state index in [4.69, 9.17) is 16.3 Å². The van der Waals surface area contributed by atoms with E-state index in [-0.39, 0.29) is 6.03 Å². The summed E-state index contributed by atoms with van der Waals surface area (Å²) in [7, 11) is 1.62. The molecule has 0 aromatic heterocycles. The number of rotatable bonds is 6. The summed E-state index contributed by atoms with van der Waals surface area (Å²) in [5.41, 5.74) is 1.97. The number of nitrogens with one attached hydrogen (secondary N) is 3. The van der Waals surface area contributed by atoms with Crippen LogP contribution in [0.5, 0.6) is 5.75 Å². The van der Waals surface area contributed by atoms with Crippen LogP contribution in [0.2, 0.25) is 5.02 Å². The lowest BCUT2D eigenvalue weighted by molar-refractivity contribution is -0.899. The number of amides is 2. The Morgan fingerprint density at radius 1 is 1.11 bits per heavy atom. The second-order valence-corrected chi connectivity index (χ2v) is 7.01. The van der Waals surface area contributed by atoms with Gasteiger partial charge in [0.1, 0.15) is 5.75 Å². The molecule has 144 valence electrons.